The lowest BCUT2D eigenvalue weighted by molar-refractivity contribution is 0.0240. The van der Waals surface area contributed by atoms with Gasteiger partial charge in [-0.1, -0.05) is 0 Å². The molecule has 0 spiro atoms. The fourth-order valence-corrected chi connectivity index (χ4v) is 5.23. The summed E-state index contributed by atoms with van der Waals surface area (Å²) in [6.07, 6.45) is 4.85. The Morgan fingerprint density at radius 1 is 1.33 bits per heavy atom. The molecule has 0 atom stereocenters. The average molecular weight is 440 g/mol. The fourth-order valence-electron chi connectivity index (χ4n) is 4.13. The number of rotatable bonds is 6. The van der Waals surface area contributed by atoms with Gasteiger partial charge in [0.1, 0.15) is 11.2 Å². The van der Waals surface area contributed by atoms with Crippen molar-refractivity contribution in [3.63, 3.8) is 0 Å². The summed E-state index contributed by atoms with van der Waals surface area (Å²) in [5.74, 6) is -1.33. The van der Waals surface area contributed by atoms with Crippen LogP contribution in [0.15, 0.2) is 10.9 Å². The van der Waals surface area contributed by atoms with Gasteiger partial charge < -0.3 is 20.1 Å². The van der Waals surface area contributed by atoms with Crippen LogP contribution in [0.1, 0.15) is 51.3 Å². The van der Waals surface area contributed by atoms with Crippen LogP contribution in [-0.4, -0.2) is 45.2 Å². The Labute approximate surface area is 177 Å². The molecule has 0 unspecified atom stereocenters. The van der Waals surface area contributed by atoms with E-state index >= 15 is 0 Å². The maximum atomic E-state index is 14.6. The first kappa shape index (κ1) is 21.5. The van der Waals surface area contributed by atoms with Crippen LogP contribution in [0, 0.1) is 11.6 Å². The largest absolute Gasteiger partial charge is 0.390 e. The molecule has 3 N–H and O–H groups in total. The van der Waals surface area contributed by atoms with Crippen LogP contribution < -0.4 is 10.9 Å². The van der Waals surface area contributed by atoms with E-state index in [4.69, 9.17) is 4.74 Å². The highest BCUT2D eigenvalue weighted by Crippen LogP contribution is 2.35. The van der Waals surface area contributed by atoms with Crippen molar-refractivity contribution in [2.45, 2.75) is 74.2 Å². The van der Waals surface area contributed by atoms with Gasteiger partial charge in [0.15, 0.2) is 11.6 Å². The molecule has 1 aromatic carbocycles. The third-order valence-corrected chi connectivity index (χ3v) is 7.56. The Morgan fingerprint density at radius 2 is 2.03 bits per heavy atom. The van der Waals surface area contributed by atoms with Crippen LogP contribution in [0.2, 0.25) is 0 Å². The molecule has 2 aromatic rings. The number of ether oxygens (including phenoxy) is 1. The van der Waals surface area contributed by atoms with Crippen molar-refractivity contribution in [2.24, 2.45) is 0 Å². The number of fused-ring (bicyclic) bond motifs is 1. The second kappa shape index (κ2) is 8.43. The number of halogens is 2. The molecule has 1 heterocycles. The van der Waals surface area contributed by atoms with E-state index in [0.717, 1.165) is 25.7 Å². The Morgan fingerprint density at radius 3 is 2.70 bits per heavy atom. The number of nitrogens with zero attached hydrogens (tertiary/aromatic N) is 1. The van der Waals surface area contributed by atoms with Gasteiger partial charge in [-0.05, 0) is 51.5 Å². The van der Waals surface area contributed by atoms with Crippen LogP contribution in [-0.2, 0) is 10.5 Å². The molecule has 0 amide bonds. The topological polar surface area (TPSA) is 87.2 Å². The van der Waals surface area contributed by atoms with E-state index in [1.165, 1.54) is 6.07 Å². The van der Waals surface area contributed by atoms with Crippen LogP contribution in [0.3, 0.4) is 0 Å². The Bertz CT molecular complexity index is 982. The predicted molar refractivity (Wildman–Crippen MR) is 114 cm³/mol. The summed E-state index contributed by atoms with van der Waals surface area (Å²) in [6, 6.07) is 1.41. The number of methoxy groups -OCH3 is 1. The van der Waals surface area contributed by atoms with Gasteiger partial charge in [0.05, 0.1) is 28.7 Å². The van der Waals surface area contributed by atoms with Gasteiger partial charge in [-0.25, -0.2) is 13.8 Å². The van der Waals surface area contributed by atoms with Crippen LogP contribution >= 0.6 is 11.8 Å². The van der Waals surface area contributed by atoms with Gasteiger partial charge in [-0.3, -0.25) is 4.79 Å². The second-order valence-corrected chi connectivity index (χ2v) is 9.93. The maximum absolute atomic E-state index is 14.6. The summed E-state index contributed by atoms with van der Waals surface area (Å²) in [5, 5.41) is 13.1. The zero-order valence-corrected chi connectivity index (χ0v) is 18.0. The summed E-state index contributed by atoms with van der Waals surface area (Å²) < 4.78 is 34.3. The number of anilines is 1. The van der Waals surface area contributed by atoms with Crippen LogP contribution in [0.4, 0.5) is 14.5 Å². The van der Waals surface area contributed by atoms with Crippen molar-refractivity contribution in [1.82, 2.24) is 9.97 Å². The van der Waals surface area contributed by atoms with Crippen molar-refractivity contribution in [1.29, 1.82) is 0 Å². The molecule has 2 fully saturated rings. The van der Waals surface area contributed by atoms with Gasteiger partial charge in [0.2, 0.25) is 0 Å². The summed E-state index contributed by atoms with van der Waals surface area (Å²) in [6.45, 7) is 1.86. The number of nitrogens with one attached hydrogen (secondary N) is 2. The van der Waals surface area contributed by atoms with E-state index < -0.39 is 22.8 Å². The summed E-state index contributed by atoms with van der Waals surface area (Å²) in [7, 11) is 1.63. The molecule has 2 aliphatic carbocycles. The van der Waals surface area contributed by atoms with Gasteiger partial charge in [-0.2, -0.15) is 11.8 Å². The molecule has 9 heteroatoms. The lowest BCUT2D eigenvalue weighted by Crippen LogP contribution is -2.40. The number of hydrogen-bond acceptors (Lipinski definition) is 6. The van der Waals surface area contributed by atoms with E-state index in [0.29, 0.717) is 29.7 Å². The van der Waals surface area contributed by atoms with E-state index in [1.807, 2.05) is 6.92 Å². The lowest BCUT2D eigenvalue weighted by atomic mass is 9.86. The van der Waals surface area contributed by atoms with Crippen molar-refractivity contribution >= 4 is 28.4 Å². The van der Waals surface area contributed by atoms with Crippen LogP contribution in [0.5, 0.6) is 0 Å². The first-order valence-corrected chi connectivity index (χ1v) is 11.3. The van der Waals surface area contributed by atoms with E-state index in [9.17, 15) is 18.7 Å². The number of H-pyrrole nitrogens is 1. The van der Waals surface area contributed by atoms with Crippen molar-refractivity contribution < 1.29 is 18.6 Å². The molecule has 0 aliphatic heterocycles. The van der Waals surface area contributed by atoms with E-state index in [-0.39, 0.29) is 28.7 Å². The van der Waals surface area contributed by atoms with E-state index in [2.05, 4.69) is 15.3 Å². The second-order valence-electron chi connectivity index (χ2n) is 8.64. The molecule has 2 saturated carbocycles. The molecular formula is C21H27F2N3O3S. The standard InChI is InChI=1S/C21H27F2N3O3S/c1-21(28)5-3-13(4-6-21)30-10-16-25-14-9-15(24-11-7-12(8-11)29-2)18(22)19(23)17(14)20(27)26-16/h9,11-13,24,28H,3-8,10H2,1-2H3,(H,25,26,27). The summed E-state index contributed by atoms with van der Waals surface area (Å²) in [5.41, 5.74) is -1.11. The molecule has 0 bridgehead atoms. The highest BCUT2D eigenvalue weighted by atomic mass is 32.2. The molecule has 4 rings (SSSR count). The van der Waals surface area contributed by atoms with Crippen LogP contribution in [0.25, 0.3) is 10.9 Å². The number of benzene rings is 1. The molecule has 2 aliphatic rings. The van der Waals surface area contributed by atoms with Gasteiger partial charge in [-0.15, -0.1) is 0 Å². The minimum Gasteiger partial charge on any atom is -0.390 e. The smallest absolute Gasteiger partial charge is 0.261 e. The zero-order chi connectivity index (χ0) is 21.5. The van der Waals surface area contributed by atoms with Gasteiger partial charge in [0, 0.05) is 18.4 Å². The third-order valence-electron chi connectivity index (χ3n) is 6.18. The lowest BCUT2D eigenvalue weighted by Gasteiger charge is -2.35. The summed E-state index contributed by atoms with van der Waals surface area (Å²) in [4.78, 5) is 19.4. The van der Waals surface area contributed by atoms with E-state index in [1.54, 1.807) is 18.9 Å². The number of aromatic amines is 1. The molecule has 1 aromatic heterocycles. The fraction of sp³-hybridized carbons (Fsp3) is 0.619. The van der Waals surface area contributed by atoms with Gasteiger partial charge in [0.25, 0.3) is 5.56 Å². The summed E-state index contributed by atoms with van der Waals surface area (Å²) >= 11 is 1.67. The maximum Gasteiger partial charge on any atom is 0.261 e. The predicted octanol–water partition coefficient (Wildman–Crippen LogP) is 3.72. The molecule has 164 valence electrons. The number of thioether (sulfide) groups is 1. The number of aromatic nitrogens is 2. The highest BCUT2D eigenvalue weighted by molar-refractivity contribution is 7.99. The normalized spacial score (nSPS) is 29.0. The van der Waals surface area contributed by atoms with Crippen molar-refractivity contribution in [2.75, 3.05) is 12.4 Å². The first-order chi connectivity index (χ1) is 14.3. The minimum atomic E-state index is -1.18. The first-order valence-electron chi connectivity index (χ1n) is 10.3. The SMILES string of the molecule is COC1CC(Nc2cc3nc(CSC4CCC(C)(O)CC4)[nH]c(=O)c3c(F)c2F)C1. The average Bonchev–Trinajstić information content (AvgIpc) is 2.66. The Hall–Kier alpha value is -1.71. The monoisotopic (exact) mass is 439 g/mol. The molecular weight excluding hydrogens is 412 g/mol. The third kappa shape index (κ3) is 4.48. The Balaban J connectivity index is 1.51. The zero-order valence-electron chi connectivity index (χ0n) is 17.1. The Kier molecular flexibility index (Phi) is 6.05. The molecule has 0 saturated heterocycles. The minimum absolute atomic E-state index is 0.00170. The van der Waals surface area contributed by atoms with Crippen molar-refractivity contribution in [3.05, 3.63) is 33.9 Å². The highest BCUT2D eigenvalue weighted by Gasteiger charge is 2.31. The van der Waals surface area contributed by atoms with Gasteiger partial charge >= 0.3 is 0 Å². The molecule has 0 radical (unpaired) electrons. The quantitative estimate of drug-likeness (QED) is 0.636. The molecule has 30 heavy (non-hydrogen) atoms. The van der Waals surface area contributed by atoms with Crippen molar-refractivity contribution in [3.8, 4) is 0 Å². The molecule has 6 nitrogen and oxygen atoms in total. The number of aliphatic hydroxyl groups is 1. The number of hydrogen-bond donors (Lipinski definition) is 3.